The van der Waals surface area contributed by atoms with E-state index in [0.29, 0.717) is 0 Å². The fraction of sp³-hybridized carbons (Fsp3) is 0. The summed E-state index contributed by atoms with van der Waals surface area (Å²) in [6.45, 7) is 0. The molecule has 0 bridgehead atoms. The van der Waals surface area contributed by atoms with Gasteiger partial charge in [-0.15, -0.1) is 0 Å². The Morgan fingerprint density at radius 3 is 1.20 bits per heavy atom. The molecule has 0 aromatic rings. The number of hydrogen-bond acceptors (Lipinski definition) is 1. The first-order chi connectivity index (χ1) is 1.00. The van der Waals surface area contributed by atoms with E-state index in [2.05, 4.69) is 15.9 Å². The van der Waals surface area contributed by atoms with Crippen LogP contribution in [0.5, 0.6) is 0 Å². The maximum atomic E-state index is 7.81. The van der Waals surface area contributed by atoms with Gasteiger partial charge >= 0.3 is 19.8 Å². The molecule has 0 aliphatic heterocycles. The van der Waals surface area contributed by atoms with Gasteiger partial charge in [0.05, 0.1) is 0 Å². The monoisotopic (exact) mass is 444 g/mol. The van der Waals surface area contributed by atoms with Crippen LogP contribution in [0.15, 0.2) is 0 Å². The molecule has 5 heavy (non-hydrogen) atoms. The van der Waals surface area contributed by atoms with Gasteiger partial charge in [0.25, 0.3) is 0 Å². The van der Waals surface area contributed by atoms with Gasteiger partial charge in [-0.2, -0.15) is 0 Å². The van der Waals surface area contributed by atoms with Crippen LogP contribution < -0.4 is 0 Å². The van der Waals surface area contributed by atoms with Crippen LogP contribution in [0.3, 0.4) is 0 Å². The van der Waals surface area contributed by atoms with Crippen LogP contribution in [0.4, 0.5) is 0 Å². The second-order valence-corrected chi connectivity index (χ2v) is 0. The molecule has 0 saturated heterocycles. The van der Waals surface area contributed by atoms with Crippen molar-refractivity contribution in [3.8, 4) is 0 Å². The zero-order valence-electron chi connectivity index (χ0n) is 2.70. The molecule has 5 heteroatoms. The zero-order chi connectivity index (χ0) is 2.00. The van der Waals surface area contributed by atoms with E-state index in [-0.39, 0.29) is 130 Å². The van der Waals surface area contributed by atoms with E-state index in [9.17, 15) is 0 Å². The zero-order valence-corrected chi connectivity index (χ0v) is 15.2. The first kappa shape index (κ1) is 22.7. The quantitative estimate of drug-likeness (QED) is 0.445. The van der Waals surface area contributed by atoms with Gasteiger partial charge in [0, 0.05) is 130 Å². The fourth-order valence-electron chi connectivity index (χ4n) is 0. The van der Waals surface area contributed by atoms with Crippen LogP contribution in [0.2, 0.25) is 0 Å². The Hall–Kier alpha value is 4.57. The van der Waals surface area contributed by atoms with Crippen LogP contribution in [-0.2, 0) is 19.8 Å². The topological polar surface area (TPSA) is 17.1 Å². The predicted octanol–water partition coefficient (Wildman–Crippen LogP) is -0.883. The average molecular weight is 443 g/mol. The first-order valence-corrected chi connectivity index (χ1v) is 0.508. The van der Waals surface area contributed by atoms with Crippen molar-refractivity contribution >= 4 is 94.4 Å². The third-order valence-electron chi connectivity index (χ3n) is 0. The molecule has 0 rings (SSSR count). The molecule has 0 aliphatic carbocycles. The van der Waals surface area contributed by atoms with Gasteiger partial charge in [0.15, 0.2) is 0 Å². The Kier molecular flexibility index (Phi) is 107. The molecule has 0 aromatic carbocycles. The standard InChI is InChI=1S/Ba.Cu.La.O.Sr. The van der Waals surface area contributed by atoms with Crippen molar-refractivity contribution in [2.24, 2.45) is 0 Å². The Balaban J connectivity index is -0.00000000167. The number of rotatable bonds is 0. The molecular weight excluding hydrogens is 443 g/mol. The average Bonchev–Trinajstić information content (AvgIpc) is 1.00. The summed E-state index contributed by atoms with van der Waals surface area (Å²) in [6, 6.07) is 0. The number of hydrogen-bond donors (Lipinski definition) is 0. The van der Waals surface area contributed by atoms with Gasteiger partial charge in [-0.3, -0.25) is 0 Å². The molecule has 0 fully saturated rings. The third kappa shape index (κ3) is 17.7. The molecule has 1 nitrogen and oxygen atoms in total. The van der Waals surface area contributed by atoms with E-state index < -0.39 is 0 Å². The Morgan fingerprint density at radius 1 is 1.20 bits per heavy atom. The molecule has 0 saturated carbocycles. The second-order valence-electron chi connectivity index (χ2n) is 0. The first-order valence-electron chi connectivity index (χ1n) is 0.123. The maximum Gasteiger partial charge on any atom is 0 e. The summed E-state index contributed by atoms with van der Waals surface area (Å²) < 4.78 is 7.81. The van der Waals surface area contributed by atoms with Crippen molar-refractivity contribution in [1.29, 1.82) is 0 Å². The predicted molar refractivity (Wildman–Crippen MR) is 12.2 cm³/mol. The van der Waals surface area contributed by atoms with Crippen molar-refractivity contribution < 1.29 is 55.4 Å². The molecule has 0 heterocycles. The van der Waals surface area contributed by atoms with Gasteiger partial charge in [-0.25, -0.2) is 0 Å². The molecule has 0 N–H and O–H groups in total. The van der Waals surface area contributed by atoms with Gasteiger partial charge in [0.1, 0.15) is 0 Å². The summed E-state index contributed by atoms with van der Waals surface area (Å²) in [5.74, 6) is 0. The molecule has 0 aromatic heterocycles. The maximum absolute atomic E-state index is 7.81. The molecule has 0 unspecified atom stereocenters. The molecule has 0 amide bonds. The Bertz CT molecular complexity index is 11.6. The van der Waals surface area contributed by atoms with Crippen LogP contribution in [-0.4, -0.2) is 94.4 Å². The Morgan fingerprint density at radius 2 is 1.20 bits per heavy atom. The van der Waals surface area contributed by atoms with Gasteiger partial charge in [-0.1, -0.05) is 0 Å². The fourth-order valence-corrected chi connectivity index (χ4v) is 0. The summed E-state index contributed by atoms with van der Waals surface area (Å²) in [4.78, 5) is 0. The summed E-state index contributed by atoms with van der Waals surface area (Å²) in [7, 11) is 0. The molecular formula is BaCuLaOSr. The van der Waals surface area contributed by atoms with Crippen LogP contribution in [0.1, 0.15) is 0 Å². The molecule has 0 spiro atoms. The SMILES string of the molecule is [Ba].[La].[O]=[Cu].[Sr]. The van der Waals surface area contributed by atoms with E-state index in [1.54, 1.807) is 0 Å². The van der Waals surface area contributed by atoms with Crippen molar-refractivity contribution in [2.75, 3.05) is 0 Å². The van der Waals surface area contributed by atoms with Crippen molar-refractivity contribution in [2.45, 2.75) is 0 Å². The Labute approximate surface area is 145 Å². The van der Waals surface area contributed by atoms with Crippen LogP contribution >= 0.6 is 0 Å². The van der Waals surface area contributed by atoms with E-state index >= 15 is 0 Å². The van der Waals surface area contributed by atoms with Gasteiger partial charge in [-0.05, 0) is 0 Å². The van der Waals surface area contributed by atoms with Crippen molar-refractivity contribution in [1.82, 2.24) is 0 Å². The summed E-state index contributed by atoms with van der Waals surface area (Å²) in [6.07, 6.45) is 0. The summed E-state index contributed by atoms with van der Waals surface area (Å²) >= 11 is 2.94. The summed E-state index contributed by atoms with van der Waals surface area (Å²) in [5.41, 5.74) is 0. The molecule has 24 valence electrons. The van der Waals surface area contributed by atoms with E-state index in [1.165, 1.54) is 0 Å². The molecule has 5 radical (unpaired) electrons. The van der Waals surface area contributed by atoms with E-state index in [0.717, 1.165) is 0 Å². The third-order valence-corrected chi connectivity index (χ3v) is 0. The molecule has 0 atom stereocenters. The minimum Gasteiger partial charge on any atom is 0 e. The minimum atomic E-state index is 0. The summed E-state index contributed by atoms with van der Waals surface area (Å²) in [5, 5.41) is 0. The van der Waals surface area contributed by atoms with Gasteiger partial charge in [0.2, 0.25) is 0 Å². The molecule has 0 aliphatic rings. The van der Waals surface area contributed by atoms with E-state index in [1.807, 2.05) is 0 Å². The normalized spacial score (nSPS) is 1.20. The van der Waals surface area contributed by atoms with Crippen LogP contribution in [0.25, 0.3) is 0 Å². The minimum absolute atomic E-state index is 0. The van der Waals surface area contributed by atoms with Crippen LogP contribution in [0, 0.1) is 35.6 Å². The second kappa shape index (κ2) is 23.5. The smallest absolute Gasteiger partial charge is 0 e. The van der Waals surface area contributed by atoms with E-state index in [4.69, 9.17) is 3.83 Å². The largest absolute Gasteiger partial charge is 0 e. The van der Waals surface area contributed by atoms with Crippen molar-refractivity contribution in [3.63, 3.8) is 0 Å². The van der Waals surface area contributed by atoms with Crippen molar-refractivity contribution in [3.05, 3.63) is 0 Å². The van der Waals surface area contributed by atoms with Gasteiger partial charge < -0.3 is 0 Å².